The van der Waals surface area contributed by atoms with Gasteiger partial charge >= 0.3 is 0 Å². The molecule has 92 heavy (non-hydrogen) atoms. The number of fused-ring (bicyclic) bond motifs is 6. The van der Waals surface area contributed by atoms with Crippen LogP contribution in [0.4, 0.5) is 34.1 Å². The van der Waals surface area contributed by atoms with Gasteiger partial charge in [-0.1, -0.05) is 231 Å². The molecule has 13 aromatic carbocycles. The summed E-state index contributed by atoms with van der Waals surface area (Å²) in [5.74, 6) is 0.680. The summed E-state index contributed by atoms with van der Waals surface area (Å²) in [5, 5.41) is 15.3. The second-order valence-corrected chi connectivity index (χ2v) is 32.1. The Kier molecular flexibility index (Phi) is 12.5. The third-order valence-electron chi connectivity index (χ3n) is 20.5. The third kappa shape index (κ3) is 9.15. The van der Waals surface area contributed by atoms with Crippen molar-refractivity contribution in [2.24, 2.45) is 0 Å². The van der Waals surface area contributed by atoms with E-state index < -0.39 is 0 Å². The molecule has 2 aliphatic rings. The molecule has 0 radical (unpaired) electrons. The average molecular weight is 1190 g/mol. The Hall–Kier alpha value is -9.32. The second kappa shape index (κ2) is 19.8. The number of rotatable bonds is 5. The fourth-order valence-electron chi connectivity index (χ4n) is 15.4. The number of benzene rings is 13. The predicted molar refractivity (Wildman–Crippen MR) is 398 cm³/mol. The number of hydrogen-bond acceptors (Lipinski definition) is 4. The maximum atomic E-state index is 5.90. The van der Waals surface area contributed by atoms with Crippen molar-refractivity contribution in [1.82, 2.24) is 9.97 Å². The fraction of sp³-hybridized carbons (Fsp3) is 0.241. The molecule has 0 bridgehead atoms. The average Bonchev–Trinajstić information content (AvgIpc) is 0.676. The highest BCUT2D eigenvalue weighted by Crippen LogP contribution is 2.51. The Labute approximate surface area is 543 Å². The van der Waals surface area contributed by atoms with Crippen LogP contribution in [0.5, 0.6) is 0 Å². The van der Waals surface area contributed by atoms with Crippen LogP contribution in [0.3, 0.4) is 0 Å². The fourth-order valence-corrected chi connectivity index (χ4v) is 15.4. The molecule has 0 atom stereocenters. The van der Waals surface area contributed by atoms with Crippen molar-refractivity contribution >= 4 is 122 Å². The maximum absolute atomic E-state index is 5.90. The molecular formula is C87H81BN4. The van der Waals surface area contributed by atoms with Crippen molar-refractivity contribution in [1.29, 1.82) is 0 Å². The van der Waals surface area contributed by atoms with Crippen molar-refractivity contribution in [3.8, 4) is 33.9 Å². The number of anilines is 6. The smallest absolute Gasteiger partial charge is 0.253 e. The van der Waals surface area contributed by atoms with E-state index in [4.69, 9.17) is 9.97 Å². The molecule has 0 unspecified atom stereocenters. The molecule has 0 aliphatic carbocycles. The highest BCUT2D eigenvalue weighted by molar-refractivity contribution is 7.03. The summed E-state index contributed by atoms with van der Waals surface area (Å²) in [5.41, 5.74) is 22.8. The molecule has 0 amide bonds. The summed E-state index contributed by atoms with van der Waals surface area (Å²) in [6, 6.07) is 78.0. The SMILES string of the molecule is Cc1cc(-c2cc(-c3cc(C(C)(C)C)cc(C(C)(C)C)c3)nc(-c3cc4c5c(c3)N(c3ccc(C(C)(C)C)cc3)c3cc6ccc7cccc8ccc(c3B5c3c(cc5ccc9cccc%10ccc3c5c9%10)N4c3ccc(C(C)(C)C)cc3)c6c78)n2)cc(C(C)(C)C)c1. The van der Waals surface area contributed by atoms with E-state index >= 15 is 0 Å². The first kappa shape index (κ1) is 57.8. The molecule has 4 nitrogen and oxygen atoms in total. The van der Waals surface area contributed by atoms with Gasteiger partial charge in [0.05, 0.1) is 11.4 Å². The Morgan fingerprint density at radius 3 is 1.05 bits per heavy atom. The molecule has 14 aromatic rings. The summed E-state index contributed by atoms with van der Waals surface area (Å²) in [4.78, 5) is 17.0. The first-order valence-electron chi connectivity index (χ1n) is 33.2. The van der Waals surface area contributed by atoms with Gasteiger partial charge in [-0.15, -0.1) is 0 Å². The predicted octanol–water partition coefficient (Wildman–Crippen LogP) is 22.2. The van der Waals surface area contributed by atoms with Crippen molar-refractivity contribution in [2.45, 2.75) is 138 Å². The van der Waals surface area contributed by atoms with Crippen LogP contribution < -0.4 is 26.2 Å². The normalized spacial score (nSPS) is 13.8. The first-order chi connectivity index (χ1) is 43.6. The molecule has 0 saturated heterocycles. The van der Waals surface area contributed by atoms with E-state index in [-0.39, 0.29) is 33.8 Å². The third-order valence-corrected chi connectivity index (χ3v) is 20.5. The van der Waals surface area contributed by atoms with E-state index in [1.54, 1.807) is 0 Å². The van der Waals surface area contributed by atoms with Crippen LogP contribution in [-0.2, 0) is 27.1 Å². The van der Waals surface area contributed by atoms with Crippen molar-refractivity contribution in [3.05, 3.63) is 234 Å². The van der Waals surface area contributed by atoms with Gasteiger partial charge in [0, 0.05) is 50.8 Å². The van der Waals surface area contributed by atoms with Crippen LogP contribution in [0.25, 0.3) is 98.5 Å². The lowest BCUT2D eigenvalue weighted by molar-refractivity contribution is 0.569. The zero-order valence-corrected chi connectivity index (χ0v) is 56.4. The minimum atomic E-state index is -0.203. The molecule has 0 N–H and O–H groups in total. The summed E-state index contributed by atoms with van der Waals surface area (Å²) in [7, 11) is 0. The summed E-state index contributed by atoms with van der Waals surface area (Å²) in [6.45, 7) is 36.8. The molecule has 3 heterocycles. The zero-order valence-electron chi connectivity index (χ0n) is 56.4. The standard InChI is InChI=1S/C87H81BN4/c1-50-39-57(41-62(40-50)85(8,9)10)69-49-70(58-42-63(86(11,12)13)48-64(43-58)87(14,15)16)90-82(89-69)59-46-73-81-74(47-59)92(66-35-31-61(32-36-66)84(5,6)7)72-45-56-26-24-52-20-18-22-54-28-38-68(78(56)76(52)54)80(72)88(81)79-67-37-27-53-21-17-19-51-23-25-55(77(67)75(51)53)44-71(79)91(73)65-33-29-60(30-34-65)83(2,3)4/h17-49H,1-16H3. The van der Waals surface area contributed by atoms with Gasteiger partial charge in [-0.3, -0.25) is 0 Å². The Morgan fingerprint density at radius 2 is 0.652 bits per heavy atom. The summed E-state index contributed by atoms with van der Waals surface area (Å²) in [6.07, 6.45) is 0. The maximum Gasteiger partial charge on any atom is 0.253 e. The van der Waals surface area contributed by atoms with E-state index in [9.17, 15) is 0 Å². The van der Waals surface area contributed by atoms with Crippen molar-refractivity contribution < 1.29 is 0 Å². The number of aromatic nitrogens is 2. The molecule has 2 aliphatic heterocycles. The minimum Gasteiger partial charge on any atom is -0.311 e. The van der Waals surface area contributed by atoms with E-state index in [0.29, 0.717) is 5.82 Å². The van der Waals surface area contributed by atoms with Gasteiger partial charge in [0.1, 0.15) is 0 Å². The van der Waals surface area contributed by atoms with Gasteiger partial charge in [0.15, 0.2) is 5.82 Å². The lowest BCUT2D eigenvalue weighted by atomic mass is 9.32. The quantitative estimate of drug-likeness (QED) is 0.127. The van der Waals surface area contributed by atoms with Crippen molar-refractivity contribution in [3.63, 3.8) is 0 Å². The molecule has 0 saturated carbocycles. The Bertz CT molecular complexity index is 5060. The molecule has 452 valence electrons. The molecule has 0 fully saturated rings. The van der Waals surface area contributed by atoms with E-state index in [1.165, 1.54) is 126 Å². The highest BCUT2D eigenvalue weighted by atomic mass is 15.2. The van der Waals surface area contributed by atoms with Crippen LogP contribution >= 0.6 is 0 Å². The highest BCUT2D eigenvalue weighted by Gasteiger charge is 2.46. The first-order valence-corrected chi connectivity index (χ1v) is 33.2. The van der Waals surface area contributed by atoms with Crippen LogP contribution in [0, 0.1) is 6.92 Å². The molecular weight excluding hydrogens is 1110 g/mol. The molecule has 16 rings (SSSR count). The van der Waals surface area contributed by atoms with Crippen LogP contribution in [-0.4, -0.2) is 16.7 Å². The lowest BCUT2D eigenvalue weighted by Crippen LogP contribution is -2.61. The Balaban J connectivity index is 1.08. The van der Waals surface area contributed by atoms with Crippen LogP contribution in [0.1, 0.15) is 137 Å². The van der Waals surface area contributed by atoms with Gasteiger partial charge in [0.2, 0.25) is 0 Å². The van der Waals surface area contributed by atoms with E-state index in [1.807, 2.05) is 0 Å². The minimum absolute atomic E-state index is 0.0496. The molecule has 5 heteroatoms. The number of hydrogen-bond donors (Lipinski definition) is 0. The van der Waals surface area contributed by atoms with Crippen LogP contribution in [0.15, 0.2) is 200 Å². The lowest BCUT2D eigenvalue weighted by Gasteiger charge is -2.45. The van der Waals surface area contributed by atoms with Gasteiger partial charge in [-0.2, -0.15) is 0 Å². The van der Waals surface area contributed by atoms with E-state index in [2.05, 4.69) is 321 Å². The molecule has 1 aromatic heterocycles. The van der Waals surface area contributed by atoms with Gasteiger partial charge < -0.3 is 9.80 Å². The second-order valence-electron chi connectivity index (χ2n) is 32.1. The number of aryl methyl sites for hydroxylation is 1. The Morgan fingerprint density at radius 1 is 0.293 bits per heavy atom. The zero-order chi connectivity index (χ0) is 64.0. The van der Waals surface area contributed by atoms with Gasteiger partial charge in [-0.05, 0) is 222 Å². The van der Waals surface area contributed by atoms with Gasteiger partial charge in [0.25, 0.3) is 6.71 Å². The topological polar surface area (TPSA) is 32.3 Å². The van der Waals surface area contributed by atoms with Crippen molar-refractivity contribution in [2.75, 3.05) is 9.80 Å². The molecule has 0 spiro atoms. The summed E-state index contributed by atoms with van der Waals surface area (Å²) >= 11 is 0. The van der Waals surface area contributed by atoms with Crippen LogP contribution in [0.2, 0.25) is 0 Å². The number of nitrogens with zero attached hydrogens (tertiary/aromatic N) is 4. The monoisotopic (exact) mass is 1190 g/mol. The summed E-state index contributed by atoms with van der Waals surface area (Å²) < 4.78 is 0. The van der Waals surface area contributed by atoms with E-state index in [0.717, 1.165) is 50.8 Å². The largest absolute Gasteiger partial charge is 0.311 e. The van der Waals surface area contributed by atoms with Gasteiger partial charge in [-0.25, -0.2) is 9.97 Å².